The molecule has 1 aromatic carbocycles. The molecule has 0 saturated heterocycles. The molecule has 5 nitrogen and oxygen atoms in total. The maximum atomic E-state index is 13.4. The minimum Gasteiger partial charge on any atom is -0.325 e. The van der Waals surface area contributed by atoms with E-state index < -0.39 is 15.8 Å². The fourth-order valence-electron chi connectivity index (χ4n) is 2.38. The summed E-state index contributed by atoms with van der Waals surface area (Å²) in [4.78, 5) is 4.08. The molecule has 2 aromatic rings. The summed E-state index contributed by atoms with van der Waals surface area (Å²) in [5.74, 6) is -0.451. The van der Waals surface area contributed by atoms with Gasteiger partial charge in [-0.1, -0.05) is 6.07 Å². The summed E-state index contributed by atoms with van der Waals surface area (Å²) in [6.45, 7) is 0.553. The molecule has 0 fully saturated rings. The third-order valence-electron chi connectivity index (χ3n) is 3.50. The quantitative estimate of drug-likeness (QED) is 0.930. The van der Waals surface area contributed by atoms with Gasteiger partial charge in [-0.2, -0.15) is 0 Å². The lowest BCUT2D eigenvalue weighted by Crippen LogP contribution is -2.29. The molecule has 0 amide bonds. The maximum Gasteiger partial charge on any atom is 0.265 e. The van der Waals surface area contributed by atoms with Crippen LogP contribution in [0.1, 0.15) is 11.3 Å². The molecule has 0 unspecified atom stereocenters. The largest absolute Gasteiger partial charge is 0.325 e. The molecule has 3 rings (SSSR count). The lowest BCUT2D eigenvalue weighted by molar-refractivity contribution is 0.591. The van der Waals surface area contributed by atoms with E-state index >= 15 is 0 Å². The van der Waals surface area contributed by atoms with Gasteiger partial charge in [0.1, 0.15) is 10.7 Å². The number of benzene rings is 1. The molecule has 2 N–H and O–H groups in total. The number of hydrogen-bond donors (Lipinski definition) is 1. The number of nitrogens with two attached hydrogens (primary N) is 1. The average Bonchev–Trinajstić information content (AvgIpc) is 2.91. The molecule has 2 heterocycles. The molecular formula is C14H14FN3O2S. The predicted octanol–water partition coefficient (Wildman–Crippen LogP) is 1.43. The van der Waals surface area contributed by atoms with Crippen LogP contribution in [0.25, 0.3) is 0 Å². The van der Waals surface area contributed by atoms with Gasteiger partial charge in [0.25, 0.3) is 10.0 Å². The van der Waals surface area contributed by atoms with Crippen molar-refractivity contribution in [1.82, 2.24) is 4.98 Å². The van der Waals surface area contributed by atoms with Gasteiger partial charge in [-0.05, 0) is 36.2 Å². The molecule has 0 aliphatic carbocycles. The zero-order chi connectivity index (χ0) is 15.0. The predicted molar refractivity (Wildman–Crippen MR) is 76.8 cm³/mol. The van der Waals surface area contributed by atoms with E-state index in [2.05, 4.69) is 4.98 Å². The number of fused-ring (bicyclic) bond motifs is 1. The Hall–Kier alpha value is -1.99. The van der Waals surface area contributed by atoms with Crippen molar-refractivity contribution in [2.45, 2.75) is 17.9 Å². The van der Waals surface area contributed by atoms with Crippen LogP contribution in [0.2, 0.25) is 0 Å². The van der Waals surface area contributed by atoms with Crippen LogP contribution in [0.3, 0.4) is 0 Å². The first-order valence-electron chi connectivity index (χ1n) is 6.48. The molecule has 1 aromatic heterocycles. The minimum absolute atomic E-state index is 0.0804. The second-order valence-corrected chi connectivity index (χ2v) is 6.65. The van der Waals surface area contributed by atoms with Crippen LogP contribution in [-0.2, 0) is 23.0 Å². The number of hydrogen-bond acceptors (Lipinski definition) is 4. The highest BCUT2D eigenvalue weighted by Gasteiger charge is 2.31. The summed E-state index contributed by atoms with van der Waals surface area (Å²) < 4.78 is 39.9. The molecule has 0 saturated carbocycles. The highest BCUT2D eigenvalue weighted by molar-refractivity contribution is 7.92. The Bertz CT molecular complexity index is 775. The highest BCUT2D eigenvalue weighted by Crippen LogP contribution is 2.33. The van der Waals surface area contributed by atoms with Crippen molar-refractivity contribution < 1.29 is 12.8 Å². The first-order valence-corrected chi connectivity index (χ1v) is 7.92. The van der Waals surface area contributed by atoms with Crippen molar-refractivity contribution in [2.24, 2.45) is 5.73 Å². The van der Waals surface area contributed by atoms with Gasteiger partial charge in [0.2, 0.25) is 0 Å². The number of nitrogens with zero attached hydrogens (tertiary/aromatic N) is 2. The van der Waals surface area contributed by atoms with Crippen LogP contribution >= 0.6 is 0 Å². The number of rotatable bonds is 3. The maximum absolute atomic E-state index is 13.4. The van der Waals surface area contributed by atoms with Crippen molar-refractivity contribution in [1.29, 1.82) is 0 Å². The van der Waals surface area contributed by atoms with Crippen LogP contribution in [0.4, 0.5) is 10.1 Å². The monoisotopic (exact) mass is 307 g/mol. The summed E-state index contributed by atoms with van der Waals surface area (Å²) in [7, 11) is -3.73. The molecule has 0 atom stereocenters. The fraction of sp³-hybridized carbons (Fsp3) is 0.214. The molecule has 0 radical (unpaired) electrons. The highest BCUT2D eigenvalue weighted by atomic mass is 32.2. The van der Waals surface area contributed by atoms with Gasteiger partial charge in [-0.3, -0.25) is 9.29 Å². The average molecular weight is 307 g/mol. The minimum atomic E-state index is -3.73. The first kappa shape index (κ1) is 14.0. The number of pyridine rings is 1. The second kappa shape index (κ2) is 5.09. The van der Waals surface area contributed by atoms with E-state index in [-0.39, 0.29) is 11.4 Å². The van der Waals surface area contributed by atoms with Crippen LogP contribution in [-0.4, -0.2) is 19.9 Å². The first-order chi connectivity index (χ1) is 10.0. The summed E-state index contributed by atoms with van der Waals surface area (Å²) >= 11 is 0. The van der Waals surface area contributed by atoms with Gasteiger partial charge in [-0.15, -0.1) is 0 Å². The lowest BCUT2D eigenvalue weighted by atomic mass is 10.2. The van der Waals surface area contributed by atoms with Gasteiger partial charge < -0.3 is 5.73 Å². The molecule has 1 aliphatic heterocycles. The van der Waals surface area contributed by atoms with Gasteiger partial charge in [0.05, 0.1) is 11.4 Å². The normalized spacial score (nSPS) is 14.3. The van der Waals surface area contributed by atoms with Crippen LogP contribution in [0, 0.1) is 5.82 Å². The van der Waals surface area contributed by atoms with Crippen molar-refractivity contribution >= 4 is 15.7 Å². The van der Waals surface area contributed by atoms with Gasteiger partial charge >= 0.3 is 0 Å². The van der Waals surface area contributed by atoms with E-state index in [9.17, 15) is 12.8 Å². The van der Waals surface area contributed by atoms with Crippen molar-refractivity contribution in [2.75, 3.05) is 10.8 Å². The summed E-state index contributed by atoms with van der Waals surface area (Å²) in [5, 5.41) is 0. The molecule has 0 spiro atoms. The van der Waals surface area contributed by atoms with E-state index in [1.54, 1.807) is 12.1 Å². The molecule has 21 heavy (non-hydrogen) atoms. The Balaban J connectivity index is 2.02. The Labute approximate surface area is 122 Å². The summed E-state index contributed by atoms with van der Waals surface area (Å²) in [6.07, 6.45) is 1.86. The van der Waals surface area contributed by atoms with Gasteiger partial charge in [0.15, 0.2) is 0 Å². The third kappa shape index (κ3) is 2.38. The summed E-state index contributed by atoms with van der Waals surface area (Å²) in [5.41, 5.74) is 7.29. The zero-order valence-corrected chi connectivity index (χ0v) is 12.0. The zero-order valence-electron chi connectivity index (χ0n) is 11.2. The topological polar surface area (TPSA) is 76.3 Å². The summed E-state index contributed by atoms with van der Waals surface area (Å²) in [6, 6.07) is 7.27. The van der Waals surface area contributed by atoms with E-state index in [4.69, 9.17) is 5.73 Å². The van der Waals surface area contributed by atoms with Crippen LogP contribution < -0.4 is 10.0 Å². The van der Waals surface area contributed by atoms with Crippen LogP contribution in [0.15, 0.2) is 41.4 Å². The van der Waals surface area contributed by atoms with Crippen molar-refractivity contribution in [3.8, 4) is 0 Å². The molecular weight excluding hydrogens is 293 g/mol. The van der Waals surface area contributed by atoms with Crippen molar-refractivity contribution in [3.05, 3.63) is 53.6 Å². The number of anilines is 1. The van der Waals surface area contributed by atoms with Crippen molar-refractivity contribution in [3.63, 3.8) is 0 Å². The Kier molecular flexibility index (Phi) is 3.38. The van der Waals surface area contributed by atoms with E-state index in [0.717, 1.165) is 5.56 Å². The molecule has 1 aliphatic rings. The number of aromatic nitrogens is 1. The number of sulfonamides is 1. The second-order valence-electron chi connectivity index (χ2n) is 4.79. The lowest BCUT2D eigenvalue weighted by Gasteiger charge is -2.19. The van der Waals surface area contributed by atoms with E-state index in [1.165, 1.54) is 28.7 Å². The number of halogens is 1. The smallest absolute Gasteiger partial charge is 0.265 e. The SMILES string of the molecule is NCc1ccc(S(=O)(=O)N2CCc3ccc(F)cc32)cn1. The standard InChI is InChI=1S/C14H14FN3O2S/c15-11-2-1-10-5-6-18(14(10)7-11)21(19,20)13-4-3-12(8-16)17-9-13/h1-4,7,9H,5-6,8,16H2. The third-order valence-corrected chi connectivity index (χ3v) is 5.29. The molecule has 110 valence electrons. The van der Waals surface area contributed by atoms with Gasteiger partial charge in [-0.25, -0.2) is 12.8 Å². The Morgan fingerprint density at radius 2 is 2.10 bits per heavy atom. The Morgan fingerprint density at radius 1 is 1.29 bits per heavy atom. The van der Waals surface area contributed by atoms with E-state index in [1.807, 2.05) is 0 Å². The van der Waals surface area contributed by atoms with Gasteiger partial charge in [0, 0.05) is 19.3 Å². The fourth-order valence-corrected chi connectivity index (χ4v) is 3.83. The van der Waals surface area contributed by atoms with E-state index in [0.29, 0.717) is 24.3 Å². The molecule has 7 heteroatoms. The molecule has 0 bridgehead atoms. The Morgan fingerprint density at radius 3 is 2.76 bits per heavy atom. The van der Waals surface area contributed by atoms with Crippen LogP contribution in [0.5, 0.6) is 0 Å².